The first-order valence-electron chi connectivity index (χ1n) is 5.82. The van der Waals surface area contributed by atoms with Crippen LogP contribution in [0, 0.1) is 12.7 Å². The third-order valence-corrected chi connectivity index (χ3v) is 2.99. The molecule has 0 unspecified atom stereocenters. The van der Waals surface area contributed by atoms with Gasteiger partial charge in [-0.2, -0.15) is 0 Å². The minimum atomic E-state index is -0.408. The van der Waals surface area contributed by atoms with Crippen molar-refractivity contribution in [1.29, 1.82) is 0 Å². The van der Waals surface area contributed by atoms with Gasteiger partial charge >= 0.3 is 0 Å². The maximum absolute atomic E-state index is 14.0. The molecule has 1 nitrogen and oxygen atoms in total. The Kier molecular flexibility index (Phi) is 3.47. The number of allylic oxidation sites excluding steroid dienone is 1. The fraction of sp³-hybridized carbons (Fsp3) is 0.125. The predicted octanol–water partition coefficient (Wildman–Crippen LogP) is 4.24. The van der Waals surface area contributed by atoms with Gasteiger partial charge in [0.1, 0.15) is 11.6 Å². The number of hydrogen-bond donors (Lipinski definition) is 1. The Balaban J connectivity index is 2.67. The lowest BCUT2D eigenvalue weighted by Gasteiger charge is -2.12. The Hall–Kier alpha value is -2.09. The summed E-state index contributed by atoms with van der Waals surface area (Å²) in [6.45, 7) is 5.53. The molecule has 2 aromatic carbocycles. The van der Waals surface area contributed by atoms with Gasteiger partial charge in [0.2, 0.25) is 0 Å². The van der Waals surface area contributed by atoms with Crippen molar-refractivity contribution >= 4 is 0 Å². The number of hydrogen-bond acceptors (Lipinski definition) is 1. The number of aromatic hydroxyl groups is 1. The van der Waals surface area contributed by atoms with Gasteiger partial charge in [-0.3, -0.25) is 0 Å². The molecule has 0 bridgehead atoms. The first-order valence-corrected chi connectivity index (χ1v) is 5.82. The van der Waals surface area contributed by atoms with E-state index in [1.807, 2.05) is 31.2 Å². The lowest BCUT2D eigenvalue weighted by molar-refractivity contribution is 0.466. The zero-order valence-corrected chi connectivity index (χ0v) is 10.3. The average Bonchev–Trinajstić information content (AvgIpc) is 2.35. The van der Waals surface area contributed by atoms with Gasteiger partial charge in [-0.05, 0) is 36.1 Å². The summed E-state index contributed by atoms with van der Waals surface area (Å²) in [6.07, 6.45) is 2.21. The molecule has 0 aliphatic carbocycles. The van der Waals surface area contributed by atoms with Gasteiger partial charge in [0.25, 0.3) is 0 Å². The van der Waals surface area contributed by atoms with E-state index >= 15 is 0 Å². The van der Waals surface area contributed by atoms with Crippen LogP contribution in [0.5, 0.6) is 5.75 Å². The standard InChI is InChI=1S/C16H15FO/c1-3-6-12-9-10-14(17)15(16(12)18)13-8-5-4-7-11(13)2/h3-5,7-10,18H,1,6H2,2H3. The van der Waals surface area contributed by atoms with E-state index in [0.29, 0.717) is 12.0 Å². The minimum Gasteiger partial charge on any atom is -0.507 e. The molecular formula is C16H15FO. The molecule has 2 aromatic rings. The average molecular weight is 242 g/mol. The van der Waals surface area contributed by atoms with Crippen molar-refractivity contribution in [3.8, 4) is 16.9 Å². The van der Waals surface area contributed by atoms with E-state index in [-0.39, 0.29) is 11.3 Å². The molecule has 0 atom stereocenters. The lowest BCUT2D eigenvalue weighted by Crippen LogP contribution is -1.92. The number of rotatable bonds is 3. The topological polar surface area (TPSA) is 20.2 Å². The summed E-state index contributed by atoms with van der Waals surface area (Å²) < 4.78 is 14.0. The Morgan fingerprint density at radius 3 is 2.61 bits per heavy atom. The highest BCUT2D eigenvalue weighted by molar-refractivity contribution is 5.75. The summed E-state index contributed by atoms with van der Waals surface area (Å²) in [5.41, 5.74) is 2.61. The van der Waals surface area contributed by atoms with E-state index in [2.05, 4.69) is 6.58 Å². The van der Waals surface area contributed by atoms with Crippen molar-refractivity contribution in [2.75, 3.05) is 0 Å². The number of phenols is 1. The summed E-state index contributed by atoms with van der Waals surface area (Å²) >= 11 is 0. The van der Waals surface area contributed by atoms with Crippen LogP contribution in [0.15, 0.2) is 49.1 Å². The number of aryl methyl sites for hydroxylation is 1. The van der Waals surface area contributed by atoms with Gasteiger partial charge in [-0.25, -0.2) is 4.39 Å². The van der Waals surface area contributed by atoms with Gasteiger partial charge in [0, 0.05) is 0 Å². The van der Waals surface area contributed by atoms with Crippen LogP contribution in [-0.4, -0.2) is 5.11 Å². The van der Waals surface area contributed by atoms with E-state index in [1.165, 1.54) is 6.07 Å². The van der Waals surface area contributed by atoms with Crippen LogP contribution in [-0.2, 0) is 6.42 Å². The third kappa shape index (κ3) is 2.14. The predicted molar refractivity (Wildman–Crippen MR) is 72.1 cm³/mol. The molecule has 2 heteroatoms. The molecule has 0 radical (unpaired) electrons. The largest absolute Gasteiger partial charge is 0.507 e. The highest BCUT2D eigenvalue weighted by atomic mass is 19.1. The summed E-state index contributed by atoms with van der Waals surface area (Å²) in [5.74, 6) is -0.404. The first kappa shape index (κ1) is 12.4. The normalized spacial score (nSPS) is 10.3. The molecule has 0 saturated heterocycles. The van der Waals surface area contributed by atoms with Crippen LogP contribution in [0.1, 0.15) is 11.1 Å². The number of phenolic OH excluding ortho intramolecular Hbond substituents is 1. The lowest BCUT2D eigenvalue weighted by atomic mass is 9.96. The van der Waals surface area contributed by atoms with Crippen molar-refractivity contribution in [1.82, 2.24) is 0 Å². The van der Waals surface area contributed by atoms with E-state index in [1.54, 1.807) is 12.1 Å². The van der Waals surface area contributed by atoms with Crippen LogP contribution in [0.2, 0.25) is 0 Å². The summed E-state index contributed by atoms with van der Waals surface area (Å²) in [4.78, 5) is 0. The van der Waals surface area contributed by atoms with Gasteiger partial charge in [0.15, 0.2) is 0 Å². The molecule has 18 heavy (non-hydrogen) atoms. The van der Waals surface area contributed by atoms with Crippen molar-refractivity contribution in [3.05, 3.63) is 66.0 Å². The third-order valence-electron chi connectivity index (χ3n) is 2.99. The molecule has 1 N–H and O–H groups in total. The Bertz CT molecular complexity index is 588. The van der Waals surface area contributed by atoms with E-state index in [4.69, 9.17) is 0 Å². The minimum absolute atomic E-state index is 0.00389. The molecule has 92 valence electrons. The fourth-order valence-electron chi connectivity index (χ4n) is 2.04. The van der Waals surface area contributed by atoms with Crippen LogP contribution < -0.4 is 0 Å². The number of halogens is 1. The Morgan fingerprint density at radius 1 is 1.22 bits per heavy atom. The van der Waals surface area contributed by atoms with Crippen molar-refractivity contribution in [2.45, 2.75) is 13.3 Å². The molecule has 0 saturated carbocycles. The van der Waals surface area contributed by atoms with Crippen molar-refractivity contribution in [3.63, 3.8) is 0 Å². The summed E-state index contributed by atoms with van der Waals surface area (Å²) in [7, 11) is 0. The summed E-state index contributed by atoms with van der Waals surface area (Å²) in [5, 5.41) is 10.2. The zero-order chi connectivity index (χ0) is 13.1. The van der Waals surface area contributed by atoms with Crippen molar-refractivity contribution in [2.24, 2.45) is 0 Å². The maximum Gasteiger partial charge on any atom is 0.134 e. The molecule has 0 fully saturated rings. The Labute approximate surface area is 106 Å². The highest BCUT2D eigenvalue weighted by Gasteiger charge is 2.15. The summed E-state index contributed by atoms with van der Waals surface area (Å²) in [6, 6.07) is 10.4. The molecule has 0 spiro atoms. The second-order valence-corrected chi connectivity index (χ2v) is 4.24. The van der Waals surface area contributed by atoms with Gasteiger partial charge < -0.3 is 5.11 Å². The van der Waals surface area contributed by atoms with Gasteiger partial charge in [-0.15, -0.1) is 6.58 Å². The monoisotopic (exact) mass is 242 g/mol. The van der Waals surface area contributed by atoms with Crippen LogP contribution in [0.3, 0.4) is 0 Å². The smallest absolute Gasteiger partial charge is 0.134 e. The molecule has 2 rings (SSSR count). The van der Waals surface area contributed by atoms with Crippen LogP contribution in [0.25, 0.3) is 11.1 Å². The Morgan fingerprint density at radius 2 is 1.94 bits per heavy atom. The number of benzene rings is 2. The highest BCUT2D eigenvalue weighted by Crippen LogP contribution is 2.36. The van der Waals surface area contributed by atoms with Crippen LogP contribution in [0.4, 0.5) is 4.39 Å². The van der Waals surface area contributed by atoms with E-state index in [9.17, 15) is 9.50 Å². The van der Waals surface area contributed by atoms with Gasteiger partial charge in [-0.1, -0.05) is 36.4 Å². The quantitative estimate of drug-likeness (QED) is 0.798. The van der Waals surface area contributed by atoms with Crippen LogP contribution >= 0.6 is 0 Å². The molecule has 0 amide bonds. The molecule has 0 heterocycles. The van der Waals surface area contributed by atoms with E-state index < -0.39 is 5.82 Å². The SMILES string of the molecule is C=CCc1ccc(F)c(-c2ccccc2C)c1O. The fourth-order valence-corrected chi connectivity index (χ4v) is 2.04. The second-order valence-electron chi connectivity index (χ2n) is 4.24. The molecule has 0 aliphatic heterocycles. The molecule has 0 aliphatic rings. The molecule has 0 aromatic heterocycles. The molecular weight excluding hydrogens is 227 g/mol. The zero-order valence-electron chi connectivity index (χ0n) is 10.3. The van der Waals surface area contributed by atoms with E-state index in [0.717, 1.165) is 11.1 Å². The second kappa shape index (κ2) is 5.05. The van der Waals surface area contributed by atoms with Crippen molar-refractivity contribution < 1.29 is 9.50 Å². The first-order chi connectivity index (χ1) is 8.65. The maximum atomic E-state index is 14.0. The van der Waals surface area contributed by atoms with Gasteiger partial charge in [0.05, 0.1) is 5.56 Å².